The maximum atomic E-state index is 12.8. The van der Waals surface area contributed by atoms with E-state index < -0.39 is 11.7 Å². The Labute approximate surface area is 117 Å². The predicted molar refractivity (Wildman–Crippen MR) is 71.6 cm³/mol. The molecular weight excluding hydrogens is 281 g/mol. The fraction of sp³-hybridized carbons (Fsp3) is 0.0667. The molecule has 0 atom stereocenters. The van der Waals surface area contributed by atoms with Crippen molar-refractivity contribution in [1.29, 1.82) is 0 Å². The smallest absolute Gasteiger partial charge is 0.416 e. The molecule has 106 valence electrons. The Balaban J connectivity index is 2.24. The molecule has 0 fully saturated rings. The molecule has 3 rings (SSSR count). The minimum atomic E-state index is -4.42. The molecular formula is C15H9F3N2O. The van der Waals surface area contributed by atoms with Crippen molar-refractivity contribution >= 4 is 10.9 Å². The SMILES string of the molecule is Oc1cccc2c(-c3cccc(C(F)(F)F)c3)ncnc12. The second kappa shape index (κ2) is 4.73. The molecule has 21 heavy (non-hydrogen) atoms. The second-order valence-corrected chi connectivity index (χ2v) is 4.47. The number of aromatic nitrogens is 2. The van der Waals surface area contributed by atoms with Gasteiger partial charge in [0.2, 0.25) is 0 Å². The van der Waals surface area contributed by atoms with Gasteiger partial charge in [-0.25, -0.2) is 9.97 Å². The molecule has 0 aliphatic rings. The van der Waals surface area contributed by atoms with Gasteiger partial charge in [0.25, 0.3) is 0 Å². The molecule has 3 aromatic rings. The third-order valence-corrected chi connectivity index (χ3v) is 3.11. The molecule has 2 aromatic carbocycles. The summed E-state index contributed by atoms with van der Waals surface area (Å²) in [5, 5.41) is 10.3. The highest BCUT2D eigenvalue weighted by molar-refractivity contribution is 5.95. The van der Waals surface area contributed by atoms with Crippen LogP contribution in [0, 0.1) is 0 Å². The Morgan fingerprint density at radius 3 is 2.48 bits per heavy atom. The molecule has 6 heteroatoms. The van der Waals surface area contributed by atoms with Gasteiger partial charge in [0, 0.05) is 10.9 Å². The van der Waals surface area contributed by atoms with Gasteiger partial charge >= 0.3 is 6.18 Å². The Bertz CT molecular complexity index is 815. The standard InChI is InChI=1S/C15H9F3N2O/c16-15(17,18)10-4-1-3-9(7-10)13-11-5-2-6-12(21)14(11)20-8-19-13/h1-8,21H. The summed E-state index contributed by atoms with van der Waals surface area (Å²) in [7, 11) is 0. The summed E-state index contributed by atoms with van der Waals surface area (Å²) in [5.41, 5.74) is 0.233. The molecule has 0 unspecified atom stereocenters. The van der Waals surface area contributed by atoms with Gasteiger partial charge < -0.3 is 5.11 Å². The number of hydrogen-bond acceptors (Lipinski definition) is 3. The quantitative estimate of drug-likeness (QED) is 0.736. The van der Waals surface area contributed by atoms with E-state index >= 15 is 0 Å². The Morgan fingerprint density at radius 2 is 1.71 bits per heavy atom. The number of phenolic OH excluding ortho intramolecular Hbond substituents is 1. The molecule has 1 N–H and O–H groups in total. The predicted octanol–water partition coefficient (Wildman–Crippen LogP) is 4.02. The van der Waals surface area contributed by atoms with Crippen molar-refractivity contribution in [3.8, 4) is 17.0 Å². The van der Waals surface area contributed by atoms with Gasteiger partial charge in [-0.05, 0) is 18.2 Å². The molecule has 0 amide bonds. The molecule has 0 aliphatic carbocycles. The summed E-state index contributed by atoms with van der Waals surface area (Å²) < 4.78 is 38.4. The largest absolute Gasteiger partial charge is 0.506 e. The zero-order chi connectivity index (χ0) is 15.0. The van der Waals surface area contributed by atoms with Crippen molar-refractivity contribution < 1.29 is 18.3 Å². The van der Waals surface area contributed by atoms with Gasteiger partial charge in [-0.1, -0.05) is 24.3 Å². The van der Waals surface area contributed by atoms with Gasteiger partial charge in [0.1, 0.15) is 17.6 Å². The lowest BCUT2D eigenvalue weighted by molar-refractivity contribution is -0.137. The van der Waals surface area contributed by atoms with Gasteiger partial charge in [-0.2, -0.15) is 13.2 Å². The van der Waals surface area contributed by atoms with Crippen molar-refractivity contribution in [2.75, 3.05) is 0 Å². The number of benzene rings is 2. The fourth-order valence-electron chi connectivity index (χ4n) is 2.14. The third-order valence-electron chi connectivity index (χ3n) is 3.11. The number of fused-ring (bicyclic) bond motifs is 1. The van der Waals surface area contributed by atoms with Crippen molar-refractivity contribution in [2.45, 2.75) is 6.18 Å². The Hall–Kier alpha value is -2.63. The van der Waals surface area contributed by atoms with E-state index in [-0.39, 0.29) is 5.75 Å². The van der Waals surface area contributed by atoms with E-state index in [0.29, 0.717) is 22.2 Å². The molecule has 3 nitrogen and oxygen atoms in total. The molecule has 1 aromatic heterocycles. The van der Waals surface area contributed by atoms with Crippen molar-refractivity contribution in [3.63, 3.8) is 0 Å². The highest BCUT2D eigenvalue weighted by atomic mass is 19.4. The zero-order valence-electron chi connectivity index (χ0n) is 10.6. The summed E-state index contributed by atoms with van der Waals surface area (Å²) in [6, 6.07) is 9.63. The van der Waals surface area contributed by atoms with Crippen LogP contribution >= 0.6 is 0 Å². The number of phenols is 1. The number of rotatable bonds is 1. The van der Waals surface area contributed by atoms with E-state index in [1.165, 1.54) is 18.5 Å². The average Bonchev–Trinajstić information content (AvgIpc) is 2.46. The minimum absolute atomic E-state index is 0.0388. The molecule has 0 spiro atoms. The number of nitrogens with zero attached hydrogens (tertiary/aromatic N) is 2. The summed E-state index contributed by atoms with van der Waals surface area (Å²) in [6.07, 6.45) is -3.20. The summed E-state index contributed by atoms with van der Waals surface area (Å²) in [5.74, 6) is -0.0388. The van der Waals surface area contributed by atoms with Crippen LogP contribution in [0.4, 0.5) is 13.2 Å². The van der Waals surface area contributed by atoms with E-state index in [1.807, 2.05) is 0 Å². The number of halogens is 3. The summed E-state index contributed by atoms with van der Waals surface area (Å²) in [4.78, 5) is 8.01. The van der Waals surface area contributed by atoms with Crippen LogP contribution < -0.4 is 0 Å². The minimum Gasteiger partial charge on any atom is -0.506 e. The van der Waals surface area contributed by atoms with Crippen LogP contribution in [0.3, 0.4) is 0 Å². The third kappa shape index (κ3) is 2.40. The van der Waals surface area contributed by atoms with Gasteiger partial charge in [0.05, 0.1) is 11.3 Å². The van der Waals surface area contributed by atoms with E-state index in [1.54, 1.807) is 18.2 Å². The average molecular weight is 290 g/mol. The molecule has 0 aliphatic heterocycles. The van der Waals surface area contributed by atoms with E-state index in [0.717, 1.165) is 12.1 Å². The fourth-order valence-corrected chi connectivity index (χ4v) is 2.14. The molecule has 0 bridgehead atoms. The first-order valence-electron chi connectivity index (χ1n) is 6.07. The van der Waals surface area contributed by atoms with Crippen LogP contribution in [0.25, 0.3) is 22.2 Å². The van der Waals surface area contributed by atoms with Crippen LogP contribution in [-0.4, -0.2) is 15.1 Å². The maximum absolute atomic E-state index is 12.8. The van der Waals surface area contributed by atoms with Crippen molar-refractivity contribution in [1.82, 2.24) is 9.97 Å². The van der Waals surface area contributed by atoms with Crippen LogP contribution in [-0.2, 0) is 6.18 Å². The Morgan fingerprint density at radius 1 is 0.952 bits per heavy atom. The second-order valence-electron chi connectivity index (χ2n) is 4.47. The number of hydrogen-bond donors (Lipinski definition) is 1. The van der Waals surface area contributed by atoms with Gasteiger partial charge in [0.15, 0.2) is 0 Å². The lowest BCUT2D eigenvalue weighted by Crippen LogP contribution is -2.04. The first-order chi connectivity index (χ1) is 9.97. The van der Waals surface area contributed by atoms with Crippen LogP contribution in [0.1, 0.15) is 5.56 Å². The van der Waals surface area contributed by atoms with Crippen LogP contribution in [0.2, 0.25) is 0 Å². The van der Waals surface area contributed by atoms with E-state index in [9.17, 15) is 18.3 Å². The first-order valence-corrected chi connectivity index (χ1v) is 6.07. The highest BCUT2D eigenvalue weighted by Gasteiger charge is 2.30. The highest BCUT2D eigenvalue weighted by Crippen LogP contribution is 2.34. The first kappa shape index (κ1) is 13.4. The van der Waals surface area contributed by atoms with Gasteiger partial charge in [-0.3, -0.25) is 0 Å². The monoisotopic (exact) mass is 290 g/mol. The molecule has 0 radical (unpaired) electrons. The van der Waals surface area contributed by atoms with Crippen LogP contribution in [0.15, 0.2) is 48.8 Å². The van der Waals surface area contributed by atoms with E-state index in [4.69, 9.17) is 0 Å². The number of para-hydroxylation sites is 1. The van der Waals surface area contributed by atoms with Crippen molar-refractivity contribution in [3.05, 3.63) is 54.4 Å². The number of alkyl halides is 3. The number of aromatic hydroxyl groups is 1. The topological polar surface area (TPSA) is 46.0 Å². The molecule has 0 saturated carbocycles. The zero-order valence-corrected chi connectivity index (χ0v) is 10.6. The maximum Gasteiger partial charge on any atom is 0.416 e. The normalized spacial score (nSPS) is 11.8. The summed E-state index contributed by atoms with van der Waals surface area (Å²) >= 11 is 0. The lowest BCUT2D eigenvalue weighted by atomic mass is 10.0. The summed E-state index contributed by atoms with van der Waals surface area (Å²) in [6.45, 7) is 0. The van der Waals surface area contributed by atoms with Crippen molar-refractivity contribution in [2.24, 2.45) is 0 Å². The Kier molecular flexibility index (Phi) is 3.01. The van der Waals surface area contributed by atoms with E-state index in [2.05, 4.69) is 9.97 Å². The lowest BCUT2D eigenvalue weighted by Gasteiger charge is -2.10. The van der Waals surface area contributed by atoms with Gasteiger partial charge in [-0.15, -0.1) is 0 Å². The van der Waals surface area contributed by atoms with Crippen LogP contribution in [0.5, 0.6) is 5.75 Å². The molecule has 0 saturated heterocycles. The molecule has 1 heterocycles.